The van der Waals surface area contributed by atoms with E-state index >= 15 is 0 Å². The van der Waals surface area contributed by atoms with Crippen molar-refractivity contribution < 1.29 is 4.84 Å². The summed E-state index contributed by atoms with van der Waals surface area (Å²) in [6.45, 7) is 2.37. The van der Waals surface area contributed by atoms with E-state index in [2.05, 4.69) is 61.3 Å². The van der Waals surface area contributed by atoms with Crippen molar-refractivity contribution in [2.75, 3.05) is 41.3 Å². The molecule has 1 aromatic heterocycles. The van der Waals surface area contributed by atoms with Gasteiger partial charge in [-0.15, -0.1) is 12.4 Å². The third-order valence-electron chi connectivity index (χ3n) is 4.92. The molecule has 0 N–H and O–H groups in total. The fourth-order valence-corrected chi connectivity index (χ4v) is 3.63. The lowest BCUT2D eigenvalue weighted by molar-refractivity contribution is 0.135. The van der Waals surface area contributed by atoms with Gasteiger partial charge in [0, 0.05) is 24.2 Å². The van der Waals surface area contributed by atoms with E-state index in [-0.39, 0.29) is 12.4 Å². The monoisotopic (exact) mass is 425 g/mol. The topological polar surface area (TPSA) is 53.9 Å². The van der Waals surface area contributed by atoms with Gasteiger partial charge in [-0.1, -0.05) is 41.6 Å². The first kappa shape index (κ1) is 22.2. The summed E-state index contributed by atoms with van der Waals surface area (Å²) in [7, 11) is 8.24. The van der Waals surface area contributed by atoms with Gasteiger partial charge in [0.05, 0.1) is 16.7 Å². The van der Waals surface area contributed by atoms with Gasteiger partial charge in [-0.05, 0) is 46.2 Å². The normalized spacial score (nSPS) is 13.6. The summed E-state index contributed by atoms with van der Waals surface area (Å²) < 4.78 is 0. The maximum atomic E-state index is 5.66. The summed E-state index contributed by atoms with van der Waals surface area (Å²) in [5, 5.41) is 4.47. The molecule has 3 aromatic rings. The van der Waals surface area contributed by atoms with Crippen molar-refractivity contribution in [3.8, 4) is 11.3 Å². The lowest BCUT2D eigenvalue weighted by atomic mass is 10.1. The van der Waals surface area contributed by atoms with Crippen molar-refractivity contribution in [3.05, 3.63) is 59.3 Å². The van der Waals surface area contributed by atoms with E-state index in [0.29, 0.717) is 6.61 Å². The van der Waals surface area contributed by atoms with Crippen LogP contribution in [0.2, 0.25) is 0 Å². The quantitative estimate of drug-likeness (QED) is 0.333. The van der Waals surface area contributed by atoms with Crippen LogP contribution in [-0.2, 0) is 11.4 Å². The third kappa shape index (κ3) is 4.46. The molecule has 158 valence electrons. The third-order valence-corrected chi connectivity index (χ3v) is 4.92. The van der Waals surface area contributed by atoms with Crippen LogP contribution in [0.5, 0.6) is 0 Å². The fraction of sp³-hybridized carbons (Fsp3) is 0.348. The van der Waals surface area contributed by atoms with Crippen LogP contribution < -0.4 is 0 Å². The summed E-state index contributed by atoms with van der Waals surface area (Å²) in [5.74, 6) is 0. The molecule has 0 radical (unpaired) electrons. The highest BCUT2D eigenvalue weighted by Crippen LogP contribution is 2.36. The zero-order valence-corrected chi connectivity index (χ0v) is 18.7. The van der Waals surface area contributed by atoms with Crippen molar-refractivity contribution in [1.29, 1.82) is 0 Å². The summed E-state index contributed by atoms with van der Waals surface area (Å²) in [5.41, 5.74) is 7.55. The maximum Gasteiger partial charge on any atom is 0.138 e. The van der Waals surface area contributed by atoms with Crippen molar-refractivity contribution >= 4 is 29.2 Å². The number of aromatic nitrogens is 2. The number of hydrogen-bond donors (Lipinski definition) is 0. The van der Waals surface area contributed by atoms with Crippen LogP contribution in [0.15, 0.2) is 47.6 Å². The number of para-hydroxylation sites is 1. The van der Waals surface area contributed by atoms with E-state index < -0.39 is 0 Å². The van der Waals surface area contributed by atoms with Crippen LogP contribution in [0.4, 0.5) is 0 Å². The first-order chi connectivity index (χ1) is 14.0. The molecule has 0 aliphatic heterocycles. The molecule has 7 heteroatoms. The van der Waals surface area contributed by atoms with Gasteiger partial charge in [-0.2, -0.15) is 0 Å². The molecule has 0 bridgehead atoms. The van der Waals surface area contributed by atoms with Crippen molar-refractivity contribution in [2.45, 2.75) is 13.0 Å². The highest BCUT2D eigenvalue weighted by Gasteiger charge is 2.29. The van der Waals surface area contributed by atoms with Gasteiger partial charge in [0.2, 0.25) is 0 Å². The molecular formula is C23H28ClN5O. The molecule has 2 aromatic carbocycles. The second kappa shape index (κ2) is 9.51. The largest absolute Gasteiger partial charge is 0.395 e. The van der Waals surface area contributed by atoms with Crippen LogP contribution in [0.25, 0.3) is 22.3 Å². The minimum absolute atomic E-state index is 0. The Morgan fingerprint density at radius 1 is 0.867 bits per heavy atom. The molecule has 4 rings (SSSR count). The predicted octanol–water partition coefficient (Wildman–Crippen LogP) is 3.81. The van der Waals surface area contributed by atoms with Crippen LogP contribution in [0, 0.1) is 0 Å². The molecule has 6 nitrogen and oxygen atoms in total. The lowest BCUT2D eigenvalue weighted by Crippen LogP contribution is -2.14. The fourth-order valence-electron chi connectivity index (χ4n) is 3.63. The van der Waals surface area contributed by atoms with Gasteiger partial charge in [-0.25, -0.2) is 9.97 Å². The second-order valence-electron chi connectivity index (χ2n) is 7.92. The minimum Gasteiger partial charge on any atom is -0.395 e. The van der Waals surface area contributed by atoms with Crippen LogP contribution in [0.3, 0.4) is 0 Å². The zero-order valence-electron chi connectivity index (χ0n) is 17.9. The van der Waals surface area contributed by atoms with Gasteiger partial charge in [0.15, 0.2) is 0 Å². The molecule has 0 spiro atoms. The lowest BCUT2D eigenvalue weighted by Gasteiger charge is -2.12. The van der Waals surface area contributed by atoms with E-state index in [9.17, 15) is 0 Å². The number of fused-ring (bicyclic) bond motifs is 4. The van der Waals surface area contributed by atoms with E-state index in [1.807, 2.05) is 24.3 Å². The Bertz CT molecular complexity index is 1060. The maximum absolute atomic E-state index is 5.66. The summed E-state index contributed by atoms with van der Waals surface area (Å²) in [6.07, 6.45) is 0.926. The number of benzene rings is 2. The van der Waals surface area contributed by atoms with Crippen molar-refractivity contribution in [1.82, 2.24) is 19.8 Å². The summed E-state index contributed by atoms with van der Waals surface area (Å²) in [6, 6.07) is 14.4. The number of hydrogen-bond acceptors (Lipinski definition) is 6. The van der Waals surface area contributed by atoms with Crippen molar-refractivity contribution in [3.63, 3.8) is 0 Å². The Balaban J connectivity index is 0.00000256. The molecule has 0 saturated carbocycles. The minimum atomic E-state index is 0. The Kier molecular flexibility index (Phi) is 7.02. The molecule has 1 aliphatic carbocycles. The number of nitrogens with zero attached hydrogens (tertiary/aromatic N) is 5. The second-order valence-corrected chi connectivity index (χ2v) is 7.92. The Labute approximate surface area is 184 Å². The average Bonchev–Trinajstić information content (AvgIpc) is 2.99. The highest BCUT2D eigenvalue weighted by molar-refractivity contribution is 6.23. The SMILES string of the molecule is CN(C)CCCO/N=C1\c2ccccc2-c2nc3c(CN(C)C)cccc3nc21.Cl. The predicted molar refractivity (Wildman–Crippen MR) is 124 cm³/mol. The molecule has 0 atom stereocenters. The van der Waals surface area contributed by atoms with E-state index in [4.69, 9.17) is 14.8 Å². The molecule has 30 heavy (non-hydrogen) atoms. The molecule has 0 amide bonds. The van der Waals surface area contributed by atoms with Crippen LogP contribution in [-0.4, -0.2) is 66.8 Å². The number of halogens is 1. The first-order valence-electron chi connectivity index (χ1n) is 9.94. The molecule has 0 saturated heterocycles. The van der Waals surface area contributed by atoms with Gasteiger partial charge in [0.25, 0.3) is 0 Å². The van der Waals surface area contributed by atoms with Gasteiger partial charge < -0.3 is 14.6 Å². The van der Waals surface area contributed by atoms with Crippen LogP contribution >= 0.6 is 12.4 Å². The average molecular weight is 426 g/mol. The van der Waals surface area contributed by atoms with Gasteiger partial charge >= 0.3 is 0 Å². The van der Waals surface area contributed by atoms with Gasteiger partial charge in [0.1, 0.15) is 18.0 Å². The Hall–Kier alpha value is -2.54. The first-order valence-corrected chi connectivity index (χ1v) is 9.94. The van der Waals surface area contributed by atoms with E-state index in [1.54, 1.807) is 0 Å². The smallest absolute Gasteiger partial charge is 0.138 e. The number of rotatable bonds is 7. The van der Waals surface area contributed by atoms with E-state index in [0.717, 1.165) is 58.8 Å². The standard InChI is InChI=1S/C23H27N5O.ClH/c1-27(2)13-8-14-29-26-22-18-11-6-5-10-17(18)21-23(22)24-19-12-7-9-16(15-28(3)4)20(19)25-21;/h5-7,9-12H,8,13-15H2,1-4H3;1H/b26-22+;. The summed E-state index contributed by atoms with van der Waals surface area (Å²) in [4.78, 5) is 19.9. The zero-order chi connectivity index (χ0) is 20.4. The molecule has 1 heterocycles. The summed E-state index contributed by atoms with van der Waals surface area (Å²) >= 11 is 0. The molecular weight excluding hydrogens is 398 g/mol. The van der Waals surface area contributed by atoms with E-state index in [1.165, 1.54) is 5.56 Å². The highest BCUT2D eigenvalue weighted by atomic mass is 35.5. The van der Waals surface area contributed by atoms with Gasteiger partial charge in [-0.3, -0.25) is 0 Å². The van der Waals surface area contributed by atoms with Crippen LogP contribution in [0.1, 0.15) is 23.2 Å². The molecule has 1 aliphatic rings. The molecule has 0 unspecified atom stereocenters. The molecule has 0 fully saturated rings. The Morgan fingerprint density at radius 2 is 1.63 bits per heavy atom. The Morgan fingerprint density at radius 3 is 2.37 bits per heavy atom. The number of oxime groups is 1. The van der Waals surface area contributed by atoms with Crippen molar-refractivity contribution in [2.24, 2.45) is 5.16 Å².